The highest BCUT2D eigenvalue weighted by Crippen LogP contribution is 2.39. The molecular weight excluding hydrogens is 390 g/mol. The van der Waals surface area contributed by atoms with Crippen LogP contribution in [0.4, 0.5) is 11.4 Å². The number of ether oxygens (including phenoxy) is 3. The Morgan fingerprint density at radius 2 is 1.87 bits per heavy atom. The minimum Gasteiger partial charge on any atom is -0.491 e. The number of anilines is 1. The van der Waals surface area contributed by atoms with Crippen LogP contribution in [-0.2, 0) is 4.79 Å². The zero-order chi connectivity index (χ0) is 21.7. The van der Waals surface area contributed by atoms with E-state index in [-0.39, 0.29) is 47.8 Å². The molecule has 1 aliphatic heterocycles. The van der Waals surface area contributed by atoms with Crippen LogP contribution in [0.15, 0.2) is 42.0 Å². The van der Waals surface area contributed by atoms with Gasteiger partial charge >= 0.3 is 0 Å². The first kappa shape index (κ1) is 20.7. The summed E-state index contributed by atoms with van der Waals surface area (Å²) in [6.45, 7) is 4.38. The predicted molar refractivity (Wildman–Crippen MR) is 109 cm³/mol. The fourth-order valence-corrected chi connectivity index (χ4v) is 2.75. The van der Waals surface area contributed by atoms with Crippen molar-refractivity contribution in [3.8, 4) is 23.3 Å². The molecular formula is C21H19N3O6. The van der Waals surface area contributed by atoms with E-state index in [9.17, 15) is 20.2 Å². The summed E-state index contributed by atoms with van der Waals surface area (Å²) in [7, 11) is 0. The number of nitro groups is 1. The van der Waals surface area contributed by atoms with Gasteiger partial charge in [-0.1, -0.05) is 12.1 Å². The number of nitrogens with zero attached hydrogens (tertiary/aromatic N) is 2. The van der Waals surface area contributed by atoms with Gasteiger partial charge in [-0.3, -0.25) is 14.9 Å². The first-order valence-electron chi connectivity index (χ1n) is 9.15. The zero-order valence-electron chi connectivity index (χ0n) is 16.4. The van der Waals surface area contributed by atoms with Gasteiger partial charge in [0.15, 0.2) is 11.5 Å². The molecule has 0 saturated carbocycles. The van der Waals surface area contributed by atoms with E-state index in [2.05, 4.69) is 5.32 Å². The molecule has 2 aromatic carbocycles. The molecule has 154 valence electrons. The Kier molecular flexibility index (Phi) is 6.17. The van der Waals surface area contributed by atoms with Crippen LogP contribution in [0, 0.1) is 21.4 Å². The fraction of sp³-hybridized carbons (Fsp3) is 0.238. The molecule has 0 bridgehead atoms. The first-order chi connectivity index (χ1) is 14.4. The molecule has 3 rings (SSSR count). The SMILES string of the molecule is CC(C)Oc1ccc(/C=C(/C#N)C(=O)Nc2cc3c(cc2[N+](=O)[O-])OCCO3)cc1. The molecule has 1 aliphatic rings. The summed E-state index contributed by atoms with van der Waals surface area (Å²) in [5, 5.41) is 23.2. The molecule has 0 aliphatic carbocycles. The standard InChI is InChI=1S/C21H19N3O6/c1-13(2)30-16-5-3-14(4-6-16)9-15(12-22)21(25)23-17-10-19-20(29-8-7-28-19)11-18(17)24(26)27/h3-6,9-11,13H,7-8H2,1-2H3,(H,23,25)/b15-9-. The maximum atomic E-state index is 12.6. The Bertz CT molecular complexity index is 1040. The highest BCUT2D eigenvalue weighted by Gasteiger charge is 2.24. The summed E-state index contributed by atoms with van der Waals surface area (Å²) in [5.74, 6) is 0.396. The van der Waals surface area contributed by atoms with Crippen LogP contribution < -0.4 is 19.5 Å². The number of nitriles is 1. The number of amides is 1. The number of nitro benzene ring substituents is 1. The van der Waals surface area contributed by atoms with Crippen molar-refractivity contribution in [2.45, 2.75) is 20.0 Å². The minimum atomic E-state index is -0.778. The molecule has 0 radical (unpaired) electrons. The topological polar surface area (TPSA) is 124 Å². The van der Waals surface area contributed by atoms with Gasteiger partial charge in [0.05, 0.1) is 17.1 Å². The molecule has 1 N–H and O–H groups in total. The van der Waals surface area contributed by atoms with E-state index < -0.39 is 10.8 Å². The van der Waals surface area contributed by atoms with Gasteiger partial charge in [-0.25, -0.2) is 0 Å². The van der Waals surface area contributed by atoms with Crippen molar-refractivity contribution in [3.63, 3.8) is 0 Å². The molecule has 0 atom stereocenters. The molecule has 9 heteroatoms. The predicted octanol–water partition coefficient (Wildman–Crippen LogP) is 3.70. The van der Waals surface area contributed by atoms with Gasteiger partial charge in [0, 0.05) is 6.07 Å². The van der Waals surface area contributed by atoms with E-state index in [1.807, 2.05) is 19.9 Å². The third kappa shape index (κ3) is 4.86. The zero-order valence-corrected chi connectivity index (χ0v) is 16.4. The molecule has 1 heterocycles. The summed E-state index contributed by atoms with van der Waals surface area (Å²) in [6.07, 6.45) is 1.41. The molecule has 0 fully saturated rings. The van der Waals surface area contributed by atoms with Crippen molar-refractivity contribution < 1.29 is 23.9 Å². The van der Waals surface area contributed by atoms with Crippen LogP contribution in [0.1, 0.15) is 19.4 Å². The van der Waals surface area contributed by atoms with Gasteiger partial charge in [0.25, 0.3) is 11.6 Å². The Hall–Kier alpha value is -4.06. The molecule has 0 aromatic heterocycles. The summed E-state index contributed by atoms with van der Waals surface area (Å²) < 4.78 is 16.3. The second-order valence-corrected chi connectivity index (χ2v) is 6.63. The van der Waals surface area contributed by atoms with E-state index in [4.69, 9.17) is 14.2 Å². The highest BCUT2D eigenvalue weighted by atomic mass is 16.6. The fourth-order valence-electron chi connectivity index (χ4n) is 2.75. The summed E-state index contributed by atoms with van der Waals surface area (Å²) in [5.41, 5.74) is -0.0534. The molecule has 0 spiro atoms. The quantitative estimate of drug-likeness (QED) is 0.334. The summed E-state index contributed by atoms with van der Waals surface area (Å²) in [4.78, 5) is 23.3. The number of hydrogen-bond donors (Lipinski definition) is 1. The maximum Gasteiger partial charge on any atom is 0.296 e. The van der Waals surface area contributed by atoms with Crippen LogP contribution >= 0.6 is 0 Å². The largest absolute Gasteiger partial charge is 0.491 e. The Labute approximate surface area is 172 Å². The molecule has 0 unspecified atom stereocenters. The van der Waals surface area contributed by atoms with Gasteiger partial charge in [-0.15, -0.1) is 0 Å². The average Bonchev–Trinajstić information content (AvgIpc) is 2.72. The normalized spacial score (nSPS) is 12.8. The van der Waals surface area contributed by atoms with Crippen LogP contribution in [0.25, 0.3) is 6.08 Å². The third-order valence-electron chi connectivity index (χ3n) is 4.03. The van der Waals surface area contributed by atoms with Crippen molar-refractivity contribution in [1.29, 1.82) is 5.26 Å². The lowest BCUT2D eigenvalue weighted by Crippen LogP contribution is -2.18. The first-order valence-corrected chi connectivity index (χ1v) is 9.15. The van der Waals surface area contributed by atoms with E-state index in [0.717, 1.165) is 0 Å². The smallest absolute Gasteiger partial charge is 0.296 e. The lowest BCUT2D eigenvalue weighted by molar-refractivity contribution is -0.384. The lowest BCUT2D eigenvalue weighted by atomic mass is 10.1. The number of carbonyl (C=O) groups excluding carboxylic acids is 1. The van der Waals surface area contributed by atoms with Gasteiger partial charge in [-0.2, -0.15) is 5.26 Å². The van der Waals surface area contributed by atoms with Crippen molar-refractivity contribution >= 4 is 23.4 Å². The van der Waals surface area contributed by atoms with Crippen molar-refractivity contribution in [1.82, 2.24) is 0 Å². The number of rotatable bonds is 6. The van der Waals surface area contributed by atoms with E-state index >= 15 is 0 Å². The van der Waals surface area contributed by atoms with E-state index in [1.54, 1.807) is 24.3 Å². The van der Waals surface area contributed by atoms with Crippen LogP contribution in [0.3, 0.4) is 0 Å². The van der Waals surface area contributed by atoms with E-state index in [0.29, 0.717) is 11.3 Å². The maximum absolute atomic E-state index is 12.6. The Balaban J connectivity index is 1.84. The number of nitrogens with one attached hydrogen (secondary N) is 1. The van der Waals surface area contributed by atoms with Crippen LogP contribution in [0.5, 0.6) is 17.2 Å². The van der Waals surface area contributed by atoms with Crippen LogP contribution in [0.2, 0.25) is 0 Å². The molecule has 1 amide bonds. The van der Waals surface area contributed by atoms with Crippen molar-refractivity contribution in [3.05, 3.63) is 57.6 Å². The number of carbonyl (C=O) groups is 1. The number of benzene rings is 2. The van der Waals surface area contributed by atoms with Gasteiger partial charge < -0.3 is 19.5 Å². The lowest BCUT2D eigenvalue weighted by Gasteiger charge is -2.19. The van der Waals surface area contributed by atoms with Gasteiger partial charge in [-0.05, 0) is 37.6 Å². The van der Waals surface area contributed by atoms with E-state index in [1.165, 1.54) is 18.2 Å². The van der Waals surface area contributed by atoms with Crippen LogP contribution in [-0.4, -0.2) is 30.1 Å². The summed E-state index contributed by atoms with van der Waals surface area (Å²) in [6, 6.07) is 11.2. The highest BCUT2D eigenvalue weighted by molar-refractivity contribution is 6.10. The molecule has 2 aromatic rings. The Morgan fingerprint density at radius 1 is 1.23 bits per heavy atom. The molecule has 0 saturated heterocycles. The second-order valence-electron chi connectivity index (χ2n) is 6.63. The third-order valence-corrected chi connectivity index (χ3v) is 4.03. The number of hydrogen-bond acceptors (Lipinski definition) is 7. The number of fused-ring (bicyclic) bond motifs is 1. The van der Waals surface area contributed by atoms with Crippen molar-refractivity contribution in [2.24, 2.45) is 0 Å². The Morgan fingerprint density at radius 3 is 2.43 bits per heavy atom. The second kappa shape index (κ2) is 8.96. The van der Waals surface area contributed by atoms with Gasteiger partial charge in [0.1, 0.15) is 36.3 Å². The molecule has 9 nitrogen and oxygen atoms in total. The molecule has 30 heavy (non-hydrogen) atoms. The average molecular weight is 409 g/mol. The monoisotopic (exact) mass is 409 g/mol. The minimum absolute atomic E-state index is 0.0219. The van der Waals surface area contributed by atoms with Gasteiger partial charge in [0.2, 0.25) is 0 Å². The van der Waals surface area contributed by atoms with Crippen molar-refractivity contribution in [2.75, 3.05) is 18.5 Å². The summed E-state index contributed by atoms with van der Waals surface area (Å²) >= 11 is 0.